The summed E-state index contributed by atoms with van der Waals surface area (Å²) in [5, 5.41) is 2.91. The number of nitrogens with zero attached hydrogens (tertiary/aromatic N) is 5. The van der Waals surface area contributed by atoms with Crippen molar-refractivity contribution in [1.82, 2.24) is 29.4 Å². The summed E-state index contributed by atoms with van der Waals surface area (Å²) in [6.07, 6.45) is 4.12. The standard InChI is InChI=1S/C26H28N6O3/c1-17-22(29-24(35-17)18-6-3-2-4-7-18)16-30-12-5-8-19(14-30)25(33)31-13-10-21-20(15-31)26(34)32-23(28-21)9-11-27-32/h2-4,6-7,9,11,19,27H,5,8,10,12-16H2,1H3/t19-/m1/s1. The van der Waals surface area contributed by atoms with E-state index < -0.39 is 0 Å². The molecule has 1 amide bonds. The molecule has 1 saturated heterocycles. The van der Waals surface area contributed by atoms with E-state index >= 15 is 0 Å². The minimum absolute atomic E-state index is 0.0870. The van der Waals surface area contributed by atoms with Crippen molar-refractivity contribution >= 4 is 11.6 Å². The Morgan fingerprint density at radius 2 is 2.03 bits per heavy atom. The first-order chi connectivity index (χ1) is 17.1. The molecule has 9 nitrogen and oxygen atoms in total. The molecule has 0 saturated carbocycles. The third kappa shape index (κ3) is 4.05. The van der Waals surface area contributed by atoms with Crippen molar-refractivity contribution in [2.75, 3.05) is 19.6 Å². The predicted molar refractivity (Wildman–Crippen MR) is 130 cm³/mol. The highest BCUT2D eigenvalue weighted by Gasteiger charge is 2.33. The molecule has 0 bridgehead atoms. The number of H-pyrrole nitrogens is 1. The number of aryl methyl sites for hydroxylation is 1. The molecule has 0 unspecified atom stereocenters. The molecule has 1 aromatic carbocycles. The number of aromatic amines is 1. The second kappa shape index (κ2) is 8.81. The second-order valence-corrected chi connectivity index (χ2v) is 9.47. The largest absolute Gasteiger partial charge is 0.441 e. The van der Waals surface area contributed by atoms with Gasteiger partial charge in [-0.05, 0) is 38.4 Å². The Labute approximate surface area is 202 Å². The van der Waals surface area contributed by atoms with Gasteiger partial charge >= 0.3 is 0 Å². The maximum absolute atomic E-state index is 13.5. The summed E-state index contributed by atoms with van der Waals surface area (Å²) >= 11 is 0. The van der Waals surface area contributed by atoms with Gasteiger partial charge in [-0.1, -0.05) is 18.2 Å². The van der Waals surface area contributed by atoms with Gasteiger partial charge in [-0.2, -0.15) is 0 Å². The van der Waals surface area contributed by atoms with Gasteiger partial charge < -0.3 is 9.32 Å². The van der Waals surface area contributed by atoms with Crippen molar-refractivity contribution in [2.24, 2.45) is 5.92 Å². The zero-order valence-corrected chi connectivity index (χ0v) is 19.7. The van der Waals surface area contributed by atoms with Crippen LogP contribution in [0.2, 0.25) is 0 Å². The fourth-order valence-electron chi connectivity index (χ4n) is 5.26. The Kier molecular flexibility index (Phi) is 5.49. The topological polar surface area (TPSA) is 99.7 Å². The van der Waals surface area contributed by atoms with Gasteiger partial charge in [-0.15, -0.1) is 0 Å². The number of fused-ring (bicyclic) bond motifs is 2. The van der Waals surface area contributed by atoms with Gasteiger partial charge in [-0.25, -0.2) is 14.5 Å². The number of likely N-dealkylation sites (tertiary alicyclic amines) is 1. The molecule has 5 heterocycles. The molecule has 0 radical (unpaired) electrons. The Bertz CT molecular complexity index is 1440. The first-order valence-corrected chi connectivity index (χ1v) is 12.2. The lowest BCUT2D eigenvalue weighted by Crippen LogP contribution is -2.47. The van der Waals surface area contributed by atoms with Crippen LogP contribution in [0.3, 0.4) is 0 Å². The molecule has 1 N–H and O–H groups in total. The van der Waals surface area contributed by atoms with Crippen LogP contribution in [0.4, 0.5) is 0 Å². The van der Waals surface area contributed by atoms with Crippen LogP contribution < -0.4 is 5.56 Å². The second-order valence-electron chi connectivity index (χ2n) is 9.47. The van der Waals surface area contributed by atoms with Crippen molar-refractivity contribution in [3.05, 3.63) is 75.7 Å². The quantitative estimate of drug-likeness (QED) is 0.490. The van der Waals surface area contributed by atoms with Gasteiger partial charge in [0.1, 0.15) is 5.76 Å². The van der Waals surface area contributed by atoms with E-state index in [0.717, 1.165) is 42.1 Å². The number of benzene rings is 1. The van der Waals surface area contributed by atoms with Crippen molar-refractivity contribution < 1.29 is 9.21 Å². The molecule has 1 atom stereocenters. The van der Waals surface area contributed by atoms with Crippen LogP contribution >= 0.6 is 0 Å². The van der Waals surface area contributed by atoms with E-state index in [0.29, 0.717) is 49.7 Å². The van der Waals surface area contributed by atoms with E-state index in [1.54, 1.807) is 12.3 Å². The van der Waals surface area contributed by atoms with E-state index in [9.17, 15) is 9.59 Å². The smallest absolute Gasteiger partial charge is 0.277 e. The number of piperidine rings is 1. The van der Waals surface area contributed by atoms with Crippen LogP contribution in [0.25, 0.3) is 17.1 Å². The Morgan fingerprint density at radius 3 is 2.89 bits per heavy atom. The summed E-state index contributed by atoms with van der Waals surface area (Å²) in [5.74, 6) is 1.48. The molecular weight excluding hydrogens is 444 g/mol. The van der Waals surface area contributed by atoms with Crippen LogP contribution in [0.5, 0.6) is 0 Å². The molecule has 3 aromatic heterocycles. The summed E-state index contributed by atoms with van der Waals surface area (Å²) in [6.45, 7) is 5.13. The zero-order chi connectivity index (χ0) is 23.9. The zero-order valence-electron chi connectivity index (χ0n) is 19.7. The Hall–Kier alpha value is -3.72. The maximum Gasteiger partial charge on any atom is 0.277 e. The summed E-state index contributed by atoms with van der Waals surface area (Å²) in [4.78, 5) is 39.8. The van der Waals surface area contributed by atoms with E-state index in [1.165, 1.54) is 4.52 Å². The van der Waals surface area contributed by atoms with Gasteiger partial charge in [0.15, 0.2) is 5.65 Å². The molecule has 6 rings (SSSR count). The molecule has 2 aliphatic heterocycles. The first-order valence-electron chi connectivity index (χ1n) is 12.2. The highest BCUT2D eigenvalue weighted by Crippen LogP contribution is 2.26. The number of aromatic nitrogens is 4. The Morgan fingerprint density at radius 1 is 1.17 bits per heavy atom. The molecule has 35 heavy (non-hydrogen) atoms. The van der Waals surface area contributed by atoms with Crippen LogP contribution in [0.1, 0.15) is 35.6 Å². The van der Waals surface area contributed by atoms with Gasteiger partial charge in [0.05, 0.1) is 29.4 Å². The van der Waals surface area contributed by atoms with Crippen LogP contribution in [-0.4, -0.2) is 54.9 Å². The monoisotopic (exact) mass is 472 g/mol. The average Bonchev–Trinajstić information content (AvgIpc) is 3.51. The lowest BCUT2D eigenvalue weighted by molar-refractivity contribution is -0.138. The number of nitrogens with one attached hydrogen (secondary N) is 1. The summed E-state index contributed by atoms with van der Waals surface area (Å²) in [6, 6.07) is 11.7. The van der Waals surface area contributed by atoms with E-state index in [-0.39, 0.29) is 17.4 Å². The summed E-state index contributed by atoms with van der Waals surface area (Å²) in [7, 11) is 0. The Balaban J connectivity index is 1.15. The molecule has 9 heteroatoms. The molecule has 4 aromatic rings. The predicted octanol–water partition coefficient (Wildman–Crippen LogP) is 2.78. The molecule has 0 spiro atoms. The van der Waals surface area contributed by atoms with Crippen LogP contribution in [0, 0.1) is 12.8 Å². The minimum Gasteiger partial charge on any atom is -0.441 e. The lowest BCUT2D eigenvalue weighted by atomic mass is 9.95. The first kappa shape index (κ1) is 21.8. The number of rotatable bonds is 4. The van der Waals surface area contributed by atoms with Gasteiger partial charge in [0, 0.05) is 43.9 Å². The summed E-state index contributed by atoms with van der Waals surface area (Å²) in [5.41, 5.74) is 3.80. The number of hydrogen-bond acceptors (Lipinski definition) is 6. The number of amides is 1. The molecule has 2 aliphatic rings. The number of carbonyl (C=O) groups is 1. The molecule has 1 fully saturated rings. The number of carbonyl (C=O) groups excluding carboxylic acids is 1. The third-order valence-electron chi connectivity index (χ3n) is 7.14. The van der Waals surface area contributed by atoms with Crippen molar-refractivity contribution in [3.63, 3.8) is 0 Å². The van der Waals surface area contributed by atoms with Gasteiger partial charge in [0.25, 0.3) is 5.56 Å². The van der Waals surface area contributed by atoms with Crippen LogP contribution in [-0.2, 0) is 24.3 Å². The highest BCUT2D eigenvalue weighted by atomic mass is 16.4. The van der Waals surface area contributed by atoms with E-state index in [1.807, 2.05) is 42.2 Å². The molecule has 180 valence electrons. The number of oxazole rings is 1. The molecular formula is C26H28N6O3. The lowest BCUT2D eigenvalue weighted by Gasteiger charge is -2.36. The normalized spacial score (nSPS) is 18.7. The van der Waals surface area contributed by atoms with E-state index in [4.69, 9.17) is 9.40 Å². The fourth-order valence-corrected chi connectivity index (χ4v) is 5.26. The summed E-state index contributed by atoms with van der Waals surface area (Å²) < 4.78 is 7.37. The van der Waals surface area contributed by atoms with Crippen molar-refractivity contribution in [2.45, 2.75) is 39.3 Å². The van der Waals surface area contributed by atoms with Crippen LogP contribution in [0.15, 0.2) is 51.8 Å². The third-order valence-corrected chi connectivity index (χ3v) is 7.14. The van der Waals surface area contributed by atoms with Gasteiger partial charge in [-0.3, -0.25) is 19.6 Å². The fraction of sp³-hybridized carbons (Fsp3) is 0.385. The minimum atomic E-state index is -0.117. The number of hydrogen-bond donors (Lipinski definition) is 1. The van der Waals surface area contributed by atoms with Crippen molar-refractivity contribution in [1.29, 1.82) is 0 Å². The van der Waals surface area contributed by atoms with Crippen molar-refractivity contribution in [3.8, 4) is 11.5 Å². The van der Waals surface area contributed by atoms with E-state index in [2.05, 4.69) is 15.0 Å². The van der Waals surface area contributed by atoms with Gasteiger partial charge in [0.2, 0.25) is 11.8 Å². The highest BCUT2D eigenvalue weighted by molar-refractivity contribution is 5.79. The average molecular weight is 473 g/mol. The maximum atomic E-state index is 13.5. The molecule has 0 aliphatic carbocycles. The SMILES string of the molecule is Cc1oc(-c2ccccc2)nc1CN1CCC[C@@H](C(=O)N2CCc3nc4cc[nH]n4c(=O)c3C2)C1.